The Labute approximate surface area is 175 Å². The van der Waals surface area contributed by atoms with Crippen LogP contribution in [0.4, 0.5) is 5.69 Å². The van der Waals surface area contributed by atoms with Gasteiger partial charge in [0.2, 0.25) is 5.91 Å². The molecule has 1 atom stereocenters. The van der Waals surface area contributed by atoms with Crippen LogP contribution in [0.25, 0.3) is 0 Å². The van der Waals surface area contributed by atoms with Crippen LogP contribution in [0.1, 0.15) is 43.6 Å². The first-order chi connectivity index (χ1) is 14.0. The molecular weight excluding hydrogens is 404 g/mol. The Morgan fingerprint density at radius 3 is 2.30 bits per heavy atom. The summed E-state index contributed by atoms with van der Waals surface area (Å²) in [5.74, 6) is -0.465. The molecular formula is C21H24N4O4S. The topological polar surface area (TPSA) is 117 Å². The molecule has 1 aliphatic heterocycles. The quantitative estimate of drug-likeness (QED) is 0.693. The Morgan fingerprint density at radius 2 is 1.67 bits per heavy atom. The summed E-state index contributed by atoms with van der Waals surface area (Å²) in [6.45, 7) is 7.25. The Hall–Kier alpha value is -3.20. The van der Waals surface area contributed by atoms with E-state index in [2.05, 4.69) is 20.3 Å². The molecule has 0 aromatic heterocycles. The second-order valence-electron chi connectivity index (χ2n) is 8.03. The molecule has 0 bridgehead atoms. The number of amidine groups is 1. The average Bonchev–Trinajstić information content (AvgIpc) is 2.91. The van der Waals surface area contributed by atoms with Crippen LogP contribution in [-0.2, 0) is 14.8 Å². The highest BCUT2D eigenvalue weighted by Gasteiger charge is 2.31. The number of nitrogens with zero attached hydrogens (tertiary/aromatic N) is 1. The Bertz CT molecular complexity index is 1120. The molecule has 0 fully saturated rings. The second kappa shape index (κ2) is 7.91. The summed E-state index contributed by atoms with van der Waals surface area (Å²) in [4.78, 5) is 29.1. The number of hydrogen-bond acceptors (Lipinski definition) is 5. The molecule has 2 aromatic rings. The maximum Gasteiger partial charge on any atom is 0.263 e. The van der Waals surface area contributed by atoms with Crippen LogP contribution in [0.15, 0.2) is 58.4 Å². The molecule has 158 valence electrons. The summed E-state index contributed by atoms with van der Waals surface area (Å²) < 4.78 is 26.7. The van der Waals surface area contributed by atoms with E-state index >= 15 is 0 Å². The summed E-state index contributed by atoms with van der Waals surface area (Å²) in [6.07, 6.45) is 0. The number of amides is 2. The molecule has 30 heavy (non-hydrogen) atoms. The van der Waals surface area contributed by atoms with Crippen LogP contribution >= 0.6 is 0 Å². The fourth-order valence-electron chi connectivity index (χ4n) is 2.85. The number of sulfonamides is 1. The highest BCUT2D eigenvalue weighted by atomic mass is 32.2. The molecule has 0 radical (unpaired) electrons. The minimum atomic E-state index is -3.66. The zero-order chi connectivity index (χ0) is 22.1. The molecule has 0 unspecified atom stereocenters. The zero-order valence-electron chi connectivity index (χ0n) is 17.2. The van der Waals surface area contributed by atoms with E-state index in [4.69, 9.17) is 0 Å². The van der Waals surface area contributed by atoms with E-state index in [1.165, 1.54) is 6.07 Å². The molecule has 0 spiro atoms. The van der Waals surface area contributed by atoms with Crippen molar-refractivity contribution >= 4 is 33.4 Å². The molecule has 2 amide bonds. The van der Waals surface area contributed by atoms with Gasteiger partial charge in [0.05, 0.1) is 4.90 Å². The number of carbonyl (C=O) groups excluding carboxylic acids is 2. The Balaban J connectivity index is 1.70. The van der Waals surface area contributed by atoms with E-state index in [9.17, 15) is 18.0 Å². The fourth-order valence-corrected chi connectivity index (χ4v) is 4.09. The summed E-state index contributed by atoms with van der Waals surface area (Å²) in [5.41, 5.74) is 1.07. The van der Waals surface area contributed by atoms with E-state index < -0.39 is 22.0 Å². The lowest BCUT2D eigenvalue weighted by molar-refractivity contribution is -0.117. The molecule has 3 rings (SSSR count). The number of rotatable bonds is 4. The number of nitrogens with one attached hydrogen (secondary N) is 3. The van der Waals surface area contributed by atoms with Gasteiger partial charge in [-0.1, -0.05) is 12.1 Å². The van der Waals surface area contributed by atoms with E-state index in [0.717, 1.165) is 0 Å². The zero-order valence-corrected chi connectivity index (χ0v) is 18.0. The van der Waals surface area contributed by atoms with E-state index in [0.29, 0.717) is 16.8 Å². The molecule has 3 N–H and O–H groups in total. The number of benzene rings is 2. The molecule has 0 aliphatic carbocycles. The monoisotopic (exact) mass is 428 g/mol. The van der Waals surface area contributed by atoms with Gasteiger partial charge in [0.1, 0.15) is 11.9 Å². The van der Waals surface area contributed by atoms with Crippen LogP contribution < -0.4 is 15.4 Å². The van der Waals surface area contributed by atoms with Crippen molar-refractivity contribution in [3.8, 4) is 0 Å². The molecule has 2 aromatic carbocycles. The van der Waals surface area contributed by atoms with Gasteiger partial charge in [-0.05, 0) is 64.1 Å². The van der Waals surface area contributed by atoms with Crippen LogP contribution in [0.3, 0.4) is 0 Å². The maximum atomic E-state index is 12.5. The summed E-state index contributed by atoms with van der Waals surface area (Å²) in [6, 6.07) is 12.1. The third-order valence-corrected chi connectivity index (χ3v) is 5.67. The number of fused-ring (bicyclic) bond motifs is 1. The predicted molar refractivity (Wildman–Crippen MR) is 115 cm³/mol. The first kappa shape index (κ1) is 21.5. The summed E-state index contributed by atoms with van der Waals surface area (Å²) in [7, 11) is -3.66. The lowest BCUT2D eigenvalue weighted by Gasteiger charge is -2.20. The molecule has 0 saturated carbocycles. The van der Waals surface area contributed by atoms with Gasteiger partial charge in [-0.3, -0.25) is 19.3 Å². The number of hydrogen-bond donors (Lipinski definition) is 3. The maximum absolute atomic E-state index is 12.5. The molecule has 8 nitrogen and oxygen atoms in total. The second-order valence-corrected chi connectivity index (χ2v) is 9.68. The van der Waals surface area contributed by atoms with E-state index in [1.807, 2.05) is 20.8 Å². The third-order valence-electron chi connectivity index (χ3n) is 4.27. The van der Waals surface area contributed by atoms with Crippen LogP contribution in [0, 0.1) is 0 Å². The van der Waals surface area contributed by atoms with Crippen molar-refractivity contribution in [2.24, 2.45) is 4.99 Å². The summed E-state index contributed by atoms with van der Waals surface area (Å²) >= 11 is 0. The van der Waals surface area contributed by atoms with Gasteiger partial charge >= 0.3 is 0 Å². The van der Waals surface area contributed by atoms with Gasteiger partial charge in [-0.2, -0.15) is 0 Å². The van der Waals surface area contributed by atoms with Gasteiger partial charge < -0.3 is 10.6 Å². The summed E-state index contributed by atoms with van der Waals surface area (Å²) in [5, 5.41) is 5.59. The molecule has 9 heteroatoms. The molecule has 0 saturated heterocycles. The van der Waals surface area contributed by atoms with E-state index in [1.54, 1.807) is 49.4 Å². The lowest BCUT2D eigenvalue weighted by atomic mass is 10.1. The normalized spacial score (nSPS) is 17.0. The van der Waals surface area contributed by atoms with Gasteiger partial charge in [0.15, 0.2) is 0 Å². The highest BCUT2D eigenvalue weighted by Crippen LogP contribution is 2.22. The standard InChI is InChI=1S/C21H24N4O4S/c1-13(22-18-16-7-5-6-8-17(16)30(28,29)25-18)19(26)23-15-11-9-14(10-12-15)20(27)24-21(2,3)4/h5-13H,1-4H3,(H,22,25)(H,23,26)(H,24,27)/t13-/m0/s1. The van der Waals surface area contributed by atoms with Crippen molar-refractivity contribution < 1.29 is 18.0 Å². The predicted octanol–water partition coefficient (Wildman–Crippen LogP) is 2.28. The number of aliphatic imine (C=N–C) groups is 1. The van der Waals surface area contributed by atoms with Crippen molar-refractivity contribution in [2.75, 3.05) is 5.32 Å². The number of carbonyl (C=O) groups is 2. The Kier molecular flexibility index (Phi) is 5.67. The van der Waals surface area contributed by atoms with Crippen molar-refractivity contribution in [1.82, 2.24) is 10.0 Å². The molecule has 1 heterocycles. The van der Waals surface area contributed by atoms with Crippen LogP contribution in [-0.4, -0.2) is 37.6 Å². The van der Waals surface area contributed by atoms with E-state index in [-0.39, 0.29) is 22.2 Å². The first-order valence-corrected chi connectivity index (χ1v) is 10.9. The van der Waals surface area contributed by atoms with Crippen LogP contribution in [0.5, 0.6) is 0 Å². The third kappa shape index (κ3) is 4.85. The largest absolute Gasteiger partial charge is 0.347 e. The van der Waals surface area contributed by atoms with Crippen molar-refractivity contribution in [1.29, 1.82) is 0 Å². The Morgan fingerprint density at radius 1 is 1.03 bits per heavy atom. The van der Waals surface area contributed by atoms with Crippen molar-refractivity contribution in [3.63, 3.8) is 0 Å². The van der Waals surface area contributed by atoms with Crippen LogP contribution in [0.2, 0.25) is 0 Å². The minimum absolute atomic E-state index is 0.139. The van der Waals surface area contributed by atoms with Gasteiger partial charge in [0, 0.05) is 22.4 Å². The van der Waals surface area contributed by atoms with Gasteiger partial charge in [0.25, 0.3) is 15.9 Å². The fraction of sp³-hybridized carbons (Fsp3) is 0.286. The SMILES string of the molecule is C[C@H](N=C1NS(=O)(=O)c2ccccc21)C(=O)Nc1ccc(C(=O)NC(C)(C)C)cc1. The van der Waals surface area contributed by atoms with Gasteiger partial charge in [-0.15, -0.1) is 0 Å². The highest BCUT2D eigenvalue weighted by molar-refractivity contribution is 7.90. The smallest absolute Gasteiger partial charge is 0.263 e. The number of anilines is 1. The van der Waals surface area contributed by atoms with Crippen molar-refractivity contribution in [3.05, 3.63) is 59.7 Å². The minimum Gasteiger partial charge on any atom is -0.347 e. The van der Waals surface area contributed by atoms with Crippen molar-refractivity contribution in [2.45, 2.75) is 44.2 Å². The average molecular weight is 429 g/mol. The van der Waals surface area contributed by atoms with Gasteiger partial charge in [-0.25, -0.2) is 8.42 Å². The molecule has 1 aliphatic rings. The first-order valence-electron chi connectivity index (χ1n) is 9.40. The lowest BCUT2D eigenvalue weighted by Crippen LogP contribution is -2.40.